The predicted molar refractivity (Wildman–Crippen MR) is 76.9 cm³/mol. The van der Waals surface area contributed by atoms with E-state index in [2.05, 4.69) is 27.0 Å². The summed E-state index contributed by atoms with van der Waals surface area (Å²) < 4.78 is 2.20. The minimum atomic E-state index is 0.481. The van der Waals surface area contributed by atoms with E-state index in [0.717, 1.165) is 12.1 Å². The fraction of sp³-hybridized carbons (Fsp3) is 0.375. The molecule has 1 aliphatic carbocycles. The summed E-state index contributed by atoms with van der Waals surface area (Å²) in [6, 6.07) is 11.0. The molecule has 4 heteroatoms. The van der Waals surface area contributed by atoms with Gasteiger partial charge in [-0.3, -0.25) is 0 Å². The summed E-state index contributed by atoms with van der Waals surface area (Å²) in [6.07, 6.45) is 9.43. The van der Waals surface area contributed by atoms with E-state index in [1.165, 1.54) is 24.8 Å². The average Bonchev–Trinajstić information content (AvgIpc) is 3.16. The number of nitriles is 1. The molecule has 20 heavy (non-hydrogen) atoms. The molecule has 1 aliphatic rings. The fourth-order valence-electron chi connectivity index (χ4n) is 3.00. The van der Waals surface area contributed by atoms with Gasteiger partial charge in [0, 0.05) is 31.0 Å². The highest BCUT2D eigenvalue weighted by molar-refractivity contribution is 5.32. The Morgan fingerprint density at radius 1 is 1.40 bits per heavy atom. The Labute approximate surface area is 119 Å². The van der Waals surface area contributed by atoms with Crippen molar-refractivity contribution < 1.29 is 0 Å². The molecule has 0 amide bonds. The van der Waals surface area contributed by atoms with Crippen LogP contribution in [0.2, 0.25) is 0 Å². The van der Waals surface area contributed by atoms with Crippen LogP contribution in [0.15, 0.2) is 43.0 Å². The first-order valence-electron chi connectivity index (χ1n) is 7.06. The third kappa shape index (κ3) is 2.73. The van der Waals surface area contributed by atoms with Gasteiger partial charge in [0.25, 0.3) is 0 Å². The summed E-state index contributed by atoms with van der Waals surface area (Å²) in [5.74, 6) is 0. The molecule has 3 rings (SSSR count). The zero-order valence-electron chi connectivity index (χ0n) is 11.4. The van der Waals surface area contributed by atoms with Gasteiger partial charge in [0.05, 0.1) is 18.0 Å². The van der Waals surface area contributed by atoms with Crippen LogP contribution in [0, 0.1) is 11.3 Å². The molecule has 0 bridgehead atoms. The van der Waals surface area contributed by atoms with Crippen molar-refractivity contribution in [2.24, 2.45) is 0 Å². The summed E-state index contributed by atoms with van der Waals surface area (Å²) in [7, 11) is 0. The molecule has 0 radical (unpaired) electrons. The maximum atomic E-state index is 8.93. The summed E-state index contributed by atoms with van der Waals surface area (Å²) in [6.45, 7) is 0.811. The summed E-state index contributed by atoms with van der Waals surface area (Å²) in [4.78, 5) is 4.14. The van der Waals surface area contributed by atoms with Gasteiger partial charge in [-0.05, 0) is 37.0 Å². The van der Waals surface area contributed by atoms with Gasteiger partial charge in [-0.25, -0.2) is 4.98 Å². The van der Waals surface area contributed by atoms with E-state index in [1.807, 2.05) is 36.9 Å². The molecule has 0 saturated heterocycles. The third-order valence-electron chi connectivity index (χ3n) is 4.01. The first-order chi connectivity index (χ1) is 9.86. The lowest BCUT2D eigenvalue weighted by atomic mass is 10.1. The molecule has 1 aromatic heterocycles. The van der Waals surface area contributed by atoms with Gasteiger partial charge in [0.1, 0.15) is 0 Å². The molecule has 1 heterocycles. The van der Waals surface area contributed by atoms with E-state index < -0.39 is 0 Å². The van der Waals surface area contributed by atoms with Crippen molar-refractivity contribution in [3.8, 4) is 6.07 Å². The lowest BCUT2D eigenvalue weighted by Crippen LogP contribution is -2.33. The number of hydrogen-bond donors (Lipinski definition) is 1. The van der Waals surface area contributed by atoms with E-state index in [0.29, 0.717) is 12.1 Å². The van der Waals surface area contributed by atoms with Crippen LogP contribution < -0.4 is 5.32 Å². The standard InChI is InChI=1S/C16H18N4/c17-10-13-3-1-4-14(9-13)11-19-15-5-2-6-16(15)20-8-7-18-12-20/h1,3-4,7-9,12,15-16,19H,2,5-6,11H2. The van der Waals surface area contributed by atoms with Gasteiger partial charge in [-0.1, -0.05) is 12.1 Å². The number of benzene rings is 1. The molecule has 1 saturated carbocycles. The number of rotatable bonds is 4. The molecule has 1 N–H and O–H groups in total. The highest BCUT2D eigenvalue weighted by Crippen LogP contribution is 2.30. The number of hydrogen-bond acceptors (Lipinski definition) is 3. The first-order valence-corrected chi connectivity index (χ1v) is 7.06. The van der Waals surface area contributed by atoms with Gasteiger partial charge >= 0.3 is 0 Å². The number of aromatic nitrogens is 2. The van der Waals surface area contributed by atoms with Crippen LogP contribution in [0.5, 0.6) is 0 Å². The molecule has 2 aromatic rings. The van der Waals surface area contributed by atoms with Crippen LogP contribution >= 0.6 is 0 Å². The number of nitrogens with one attached hydrogen (secondary N) is 1. The molecule has 4 nitrogen and oxygen atoms in total. The zero-order chi connectivity index (χ0) is 13.8. The van der Waals surface area contributed by atoms with Gasteiger partial charge in [-0.15, -0.1) is 0 Å². The second-order valence-electron chi connectivity index (χ2n) is 5.31. The van der Waals surface area contributed by atoms with Crippen LogP contribution in [0.3, 0.4) is 0 Å². The molecule has 2 unspecified atom stereocenters. The second-order valence-corrected chi connectivity index (χ2v) is 5.31. The van der Waals surface area contributed by atoms with E-state index in [1.54, 1.807) is 0 Å². The molecule has 2 atom stereocenters. The Morgan fingerprint density at radius 3 is 3.15 bits per heavy atom. The number of imidazole rings is 1. The highest BCUT2D eigenvalue weighted by Gasteiger charge is 2.27. The minimum Gasteiger partial charge on any atom is -0.333 e. The van der Waals surface area contributed by atoms with Crippen LogP contribution in [0.25, 0.3) is 0 Å². The number of nitrogens with zero attached hydrogens (tertiary/aromatic N) is 3. The van der Waals surface area contributed by atoms with Gasteiger partial charge in [0.2, 0.25) is 0 Å². The molecule has 1 aromatic carbocycles. The smallest absolute Gasteiger partial charge is 0.0991 e. The van der Waals surface area contributed by atoms with Crippen molar-refractivity contribution in [2.75, 3.05) is 0 Å². The second kappa shape index (κ2) is 5.89. The normalized spacial score (nSPS) is 21.8. The molecular weight excluding hydrogens is 248 g/mol. The van der Waals surface area contributed by atoms with Gasteiger partial charge < -0.3 is 9.88 Å². The van der Waals surface area contributed by atoms with Crippen molar-refractivity contribution in [2.45, 2.75) is 37.9 Å². The van der Waals surface area contributed by atoms with Crippen LogP contribution in [0.1, 0.15) is 36.4 Å². The lowest BCUT2D eigenvalue weighted by molar-refractivity contribution is 0.390. The lowest BCUT2D eigenvalue weighted by Gasteiger charge is -2.22. The average molecular weight is 266 g/mol. The summed E-state index contributed by atoms with van der Waals surface area (Å²) in [5.41, 5.74) is 1.89. The molecular formula is C16H18N4. The zero-order valence-corrected chi connectivity index (χ0v) is 11.4. The first kappa shape index (κ1) is 12.9. The van der Waals surface area contributed by atoms with Gasteiger partial charge in [0.15, 0.2) is 0 Å². The minimum absolute atomic E-state index is 0.481. The van der Waals surface area contributed by atoms with Crippen molar-refractivity contribution in [3.63, 3.8) is 0 Å². The van der Waals surface area contributed by atoms with Gasteiger partial charge in [-0.2, -0.15) is 5.26 Å². The molecule has 102 valence electrons. The Bertz CT molecular complexity index is 597. The Morgan fingerprint density at radius 2 is 2.35 bits per heavy atom. The van der Waals surface area contributed by atoms with Crippen molar-refractivity contribution in [3.05, 3.63) is 54.1 Å². The highest BCUT2D eigenvalue weighted by atomic mass is 15.1. The third-order valence-corrected chi connectivity index (χ3v) is 4.01. The predicted octanol–water partition coefficient (Wildman–Crippen LogP) is 2.64. The molecule has 1 fully saturated rings. The summed E-state index contributed by atoms with van der Waals surface area (Å²) in [5, 5.41) is 12.6. The topological polar surface area (TPSA) is 53.6 Å². The monoisotopic (exact) mass is 266 g/mol. The van der Waals surface area contributed by atoms with Crippen LogP contribution in [-0.4, -0.2) is 15.6 Å². The quantitative estimate of drug-likeness (QED) is 0.925. The van der Waals surface area contributed by atoms with E-state index in [-0.39, 0.29) is 0 Å². The van der Waals surface area contributed by atoms with E-state index >= 15 is 0 Å². The van der Waals surface area contributed by atoms with Crippen molar-refractivity contribution in [1.82, 2.24) is 14.9 Å². The SMILES string of the molecule is N#Cc1cccc(CNC2CCCC2n2ccnc2)c1. The largest absolute Gasteiger partial charge is 0.333 e. The maximum Gasteiger partial charge on any atom is 0.0991 e. The Hall–Kier alpha value is -2.12. The van der Waals surface area contributed by atoms with E-state index in [4.69, 9.17) is 5.26 Å². The maximum absolute atomic E-state index is 8.93. The molecule has 0 aliphatic heterocycles. The fourth-order valence-corrected chi connectivity index (χ4v) is 3.00. The van der Waals surface area contributed by atoms with Crippen LogP contribution in [-0.2, 0) is 6.54 Å². The Kier molecular flexibility index (Phi) is 3.80. The van der Waals surface area contributed by atoms with Crippen molar-refractivity contribution in [1.29, 1.82) is 5.26 Å². The van der Waals surface area contributed by atoms with Crippen LogP contribution in [0.4, 0.5) is 0 Å². The van der Waals surface area contributed by atoms with E-state index in [9.17, 15) is 0 Å². The molecule has 0 spiro atoms. The van der Waals surface area contributed by atoms with Crippen molar-refractivity contribution >= 4 is 0 Å². The Balaban J connectivity index is 1.64. The summed E-state index contributed by atoms with van der Waals surface area (Å²) >= 11 is 0.